The van der Waals surface area contributed by atoms with Gasteiger partial charge in [0.2, 0.25) is 0 Å². The van der Waals surface area contributed by atoms with E-state index in [9.17, 15) is 23.3 Å². The number of hydrogen-bond acceptors (Lipinski definition) is 5. The highest BCUT2D eigenvalue weighted by molar-refractivity contribution is 5.62. The van der Waals surface area contributed by atoms with Crippen LogP contribution in [0.2, 0.25) is 0 Å². The molecular formula is C12H16F3N3O3. The molecule has 0 aliphatic carbocycles. The van der Waals surface area contributed by atoms with Crippen LogP contribution in [0.1, 0.15) is 5.56 Å². The van der Waals surface area contributed by atoms with Gasteiger partial charge in [-0.05, 0) is 12.1 Å². The van der Waals surface area contributed by atoms with Crippen LogP contribution in [-0.2, 0) is 10.9 Å². The van der Waals surface area contributed by atoms with E-state index in [1.54, 1.807) is 7.11 Å². The molecule has 0 saturated carbocycles. The van der Waals surface area contributed by atoms with E-state index in [0.717, 1.165) is 12.1 Å². The van der Waals surface area contributed by atoms with Gasteiger partial charge in [0.1, 0.15) is 5.69 Å². The lowest BCUT2D eigenvalue weighted by Gasteiger charge is -2.11. The molecule has 1 aromatic rings. The fraction of sp³-hybridized carbons (Fsp3) is 0.500. The average Bonchev–Trinajstić information content (AvgIpc) is 2.41. The van der Waals surface area contributed by atoms with Crippen molar-refractivity contribution in [2.45, 2.75) is 6.18 Å². The highest BCUT2D eigenvalue weighted by Crippen LogP contribution is 2.34. The Hall–Kier alpha value is -1.87. The number of benzene rings is 1. The standard InChI is InChI=1S/C12H16F3N3O3/c1-21-7-6-16-4-5-17-10-3-2-9(12(13,14)15)8-11(10)18(19)20/h2-3,8,16-17H,4-7H2,1H3. The van der Waals surface area contributed by atoms with Crippen molar-refractivity contribution in [1.29, 1.82) is 0 Å². The van der Waals surface area contributed by atoms with Crippen LogP contribution in [0.5, 0.6) is 0 Å². The zero-order valence-corrected chi connectivity index (χ0v) is 11.4. The molecule has 6 nitrogen and oxygen atoms in total. The molecule has 118 valence electrons. The summed E-state index contributed by atoms with van der Waals surface area (Å²) in [6, 6.07) is 2.41. The maximum atomic E-state index is 12.5. The van der Waals surface area contributed by atoms with Crippen LogP contribution in [0.15, 0.2) is 18.2 Å². The summed E-state index contributed by atoms with van der Waals surface area (Å²) in [5.74, 6) is 0. The van der Waals surface area contributed by atoms with Crippen LogP contribution in [0.3, 0.4) is 0 Å². The maximum Gasteiger partial charge on any atom is 0.416 e. The highest BCUT2D eigenvalue weighted by Gasteiger charge is 2.32. The Bertz CT molecular complexity index is 481. The van der Waals surface area contributed by atoms with E-state index < -0.39 is 22.4 Å². The van der Waals surface area contributed by atoms with Crippen LogP contribution >= 0.6 is 0 Å². The van der Waals surface area contributed by atoms with Crippen molar-refractivity contribution < 1.29 is 22.8 Å². The number of methoxy groups -OCH3 is 1. The van der Waals surface area contributed by atoms with Gasteiger partial charge in [-0.2, -0.15) is 13.2 Å². The number of nitro groups is 1. The van der Waals surface area contributed by atoms with Crippen LogP contribution in [0.25, 0.3) is 0 Å². The third-order valence-corrected chi connectivity index (χ3v) is 2.62. The molecular weight excluding hydrogens is 291 g/mol. The Morgan fingerprint density at radius 2 is 2.00 bits per heavy atom. The zero-order valence-electron chi connectivity index (χ0n) is 11.4. The molecule has 0 bridgehead atoms. The predicted molar refractivity (Wildman–Crippen MR) is 71.3 cm³/mol. The minimum Gasteiger partial charge on any atom is -0.383 e. The summed E-state index contributed by atoms with van der Waals surface area (Å²) < 4.78 is 42.4. The minimum absolute atomic E-state index is 0.0570. The van der Waals surface area contributed by atoms with E-state index in [1.165, 1.54) is 0 Å². The molecule has 0 atom stereocenters. The second kappa shape index (κ2) is 7.79. The van der Waals surface area contributed by atoms with Crippen LogP contribution in [0.4, 0.5) is 24.5 Å². The van der Waals surface area contributed by atoms with E-state index in [2.05, 4.69) is 10.6 Å². The molecule has 0 aliphatic rings. The third kappa shape index (κ3) is 5.56. The van der Waals surface area contributed by atoms with Crippen LogP contribution in [-0.4, -0.2) is 38.3 Å². The lowest BCUT2D eigenvalue weighted by Crippen LogP contribution is -2.25. The van der Waals surface area contributed by atoms with Crippen molar-refractivity contribution in [2.24, 2.45) is 0 Å². The normalized spacial score (nSPS) is 11.4. The number of rotatable bonds is 8. The first kappa shape index (κ1) is 17.2. The van der Waals surface area contributed by atoms with Crippen molar-refractivity contribution in [1.82, 2.24) is 5.32 Å². The quantitative estimate of drug-likeness (QED) is 0.438. The Balaban J connectivity index is 2.67. The zero-order chi connectivity index (χ0) is 15.9. The molecule has 0 aliphatic heterocycles. The molecule has 0 heterocycles. The van der Waals surface area contributed by atoms with Crippen LogP contribution < -0.4 is 10.6 Å². The molecule has 0 saturated heterocycles. The van der Waals surface area contributed by atoms with Crippen molar-refractivity contribution in [3.05, 3.63) is 33.9 Å². The van der Waals surface area contributed by atoms with Gasteiger partial charge in [-0.3, -0.25) is 10.1 Å². The number of halogens is 3. The SMILES string of the molecule is COCCNCCNc1ccc(C(F)(F)F)cc1[N+](=O)[O-]. The summed E-state index contributed by atoms with van der Waals surface area (Å²) in [7, 11) is 1.56. The van der Waals surface area contributed by atoms with Gasteiger partial charge in [0.05, 0.1) is 17.1 Å². The van der Waals surface area contributed by atoms with E-state index in [1.807, 2.05) is 0 Å². The van der Waals surface area contributed by atoms with Gasteiger partial charge in [-0.25, -0.2) is 0 Å². The van der Waals surface area contributed by atoms with E-state index in [0.29, 0.717) is 32.3 Å². The molecule has 21 heavy (non-hydrogen) atoms. The predicted octanol–water partition coefficient (Wildman–Crippen LogP) is 2.26. The molecule has 0 radical (unpaired) electrons. The van der Waals surface area contributed by atoms with Gasteiger partial charge >= 0.3 is 6.18 Å². The molecule has 1 aromatic carbocycles. The number of nitro benzene ring substituents is 1. The summed E-state index contributed by atoms with van der Waals surface area (Å²) in [6.07, 6.45) is -4.61. The van der Waals surface area contributed by atoms with Crippen molar-refractivity contribution in [3.8, 4) is 0 Å². The third-order valence-electron chi connectivity index (χ3n) is 2.62. The van der Waals surface area contributed by atoms with E-state index in [4.69, 9.17) is 4.74 Å². The van der Waals surface area contributed by atoms with Crippen molar-refractivity contribution >= 4 is 11.4 Å². The monoisotopic (exact) mass is 307 g/mol. The number of ether oxygens (including phenoxy) is 1. The van der Waals surface area contributed by atoms with Crippen molar-refractivity contribution in [3.63, 3.8) is 0 Å². The molecule has 1 rings (SSSR count). The average molecular weight is 307 g/mol. The summed E-state index contributed by atoms with van der Waals surface area (Å²) in [4.78, 5) is 10.0. The topological polar surface area (TPSA) is 76.4 Å². The summed E-state index contributed by atoms with van der Waals surface area (Å²) in [6.45, 7) is 1.99. The molecule has 0 fully saturated rings. The number of nitrogens with zero attached hydrogens (tertiary/aromatic N) is 1. The molecule has 2 N–H and O–H groups in total. The highest BCUT2D eigenvalue weighted by atomic mass is 19.4. The van der Waals surface area contributed by atoms with E-state index >= 15 is 0 Å². The minimum atomic E-state index is -4.61. The first-order valence-corrected chi connectivity index (χ1v) is 6.15. The Kier molecular flexibility index (Phi) is 6.38. The van der Waals surface area contributed by atoms with Gasteiger partial charge in [-0.1, -0.05) is 0 Å². The lowest BCUT2D eigenvalue weighted by molar-refractivity contribution is -0.384. The number of hydrogen-bond donors (Lipinski definition) is 2. The van der Waals surface area contributed by atoms with Gasteiger partial charge in [0.15, 0.2) is 0 Å². The van der Waals surface area contributed by atoms with Gasteiger partial charge in [-0.15, -0.1) is 0 Å². The lowest BCUT2D eigenvalue weighted by atomic mass is 10.1. The first-order valence-electron chi connectivity index (χ1n) is 6.15. The molecule has 0 aromatic heterocycles. The molecule has 0 unspecified atom stereocenters. The maximum absolute atomic E-state index is 12.5. The fourth-order valence-electron chi connectivity index (χ4n) is 1.59. The van der Waals surface area contributed by atoms with Gasteiger partial charge < -0.3 is 15.4 Å². The smallest absolute Gasteiger partial charge is 0.383 e. The second-order valence-electron chi connectivity index (χ2n) is 4.16. The van der Waals surface area contributed by atoms with Crippen LogP contribution in [0, 0.1) is 10.1 Å². The second-order valence-corrected chi connectivity index (χ2v) is 4.16. The Labute approximate surface area is 119 Å². The molecule has 0 amide bonds. The van der Waals surface area contributed by atoms with Crippen molar-refractivity contribution in [2.75, 3.05) is 38.7 Å². The Morgan fingerprint density at radius 1 is 1.29 bits per heavy atom. The first-order chi connectivity index (χ1) is 9.86. The molecule has 9 heteroatoms. The summed E-state index contributed by atoms with van der Waals surface area (Å²) >= 11 is 0. The van der Waals surface area contributed by atoms with E-state index in [-0.39, 0.29) is 5.69 Å². The largest absolute Gasteiger partial charge is 0.416 e. The number of anilines is 1. The Morgan fingerprint density at radius 3 is 2.57 bits per heavy atom. The summed E-state index contributed by atoms with van der Waals surface area (Å²) in [5.41, 5.74) is -1.58. The number of alkyl halides is 3. The summed E-state index contributed by atoms with van der Waals surface area (Å²) in [5, 5.41) is 16.6. The van der Waals surface area contributed by atoms with Gasteiger partial charge in [0, 0.05) is 32.8 Å². The fourth-order valence-corrected chi connectivity index (χ4v) is 1.59. The molecule has 0 spiro atoms. The number of nitrogens with one attached hydrogen (secondary N) is 2. The van der Waals surface area contributed by atoms with Gasteiger partial charge in [0.25, 0.3) is 5.69 Å².